The zero-order valence-corrected chi connectivity index (χ0v) is 9.48. The number of amides is 1. The first-order chi connectivity index (χ1) is 7.75. The molecule has 0 aromatic carbocycles. The Morgan fingerprint density at radius 2 is 2.62 bits per heavy atom. The number of carbonyl (C=O) groups excluding carboxylic acids is 1. The summed E-state index contributed by atoms with van der Waals surface area (Å²) in [6.07, 6.45) is 6.23. The molecular weight excluding hydrogens is 206 g/mol. The van der Waals surface area contributed by atoms with Crippen LogP contribution in [0.1, 0.15) is 24.8 Å². The Labute approximate surface area is 94.8 Å². The van der Waals surface area contributed by atoms with Crippen LogP contribution in [0.4, 0.5) is 0 Å². The molecular formula is C11H17N3O2. The molecule has 0 spiro atoms. The van der Waals surface area contributed by atoms with Crippen LogP contribution in [0.25, 0.3) is 0 Å². The third kappa shape index (κ3) is 2.82. The fraction of sp³-hybridized carbons (Fsp3) is 0.636. The third-order valence-electron chi connectivity index (χ3n) is 2.83. The summed E-state index contributed by atoms with van der Waals surface area (Å²) >= 11 is 0. The third-order valence-corrected chi connectivity index (χ3v) is 2.83. The SMILES string of the molecule is CN(Cc1cn[nH]c1)C(=O)CC1CCCO1. The summed E-state index contributed by atoms with van der Waals surface area (Å²) in [5, 5.41) is 6.58. The highest BCUT2D eigenvalue weighted by Crippen LogP contribution is 2.16. The van der Waals surface area contributed by atoms with E-state index in [1.165, 1.54) is 0 Å². The van der Waals surface area contributed by atoms with Crippen molar-refractivity contribution in [2.45, 2.75) is 31.9 Å². The number of H-pyrrole nitrogens is 1. The Hall–Kier alpha value is -1.36. The van der Waals surface area contributed by atoms with Crippen LogP contribution in [0, 0.1) is 0 Å². The van der Waals surface area contributed by atoms with Gasteiger partial charge in [0.25, 0.3) is 0 Å². The highest BCUT2D eigenvalue weighted by atomic mass is 16.5. The second-order valence-electron chi connectivity index (χ2n) is 4.20. The van der Waals surface area contributed by atoms with Crippen LogP contribution in [0.15, 0.2) is 12.4 Å². The fourth-order valence-corrected chi connectivity index (χ4v) is 1.88. The number of ether oxygens (including phenoxy) is 1. The van der Waals surface area contributed by atoms with Crippen molar-refractivity contribution >= 4 is 5.91 Å². The number of hydrogen-bond donors (Lipinski definition) is 1. The molecule has 1 aliphatic heterocycles. The second-order valence-corrected chi connectivity index (χ2v) is 4.20. The molecule has 0 saturated carbocycles. The van der Waals surface area contributed by atoms with Crippen LogP contribution in [0.5, 0.6) is 0 Å². The van der Waals surface area contributed by atoms with Crippen LogP contribution in [-0.4, -0.2) is 40.8 Å². The van der Waals surface area contributed by atoms with Crippen molar-refractivity contribution in [3.05, 3.63) is 18.0 Å². The normalized spacial score (nSPS) is 19.9. The Kier molecular flexibility index (Phi) is 3.56. The predicted octanol–water partition coefficient (Wildman–Crippen LogP) is 0.937. The van der Waals surface area contributed by atoms with Crippen molar-refractivity contribution < 1.29 is 9.53 Å². The van der Waals surface area contributed by atoms with E-state index in [0.717, 1.165) is 25.0 Å². The molecule has 0 radical (unpaired) electrons. The van der Waals surface area contributed by atoms with E-state index in [4.69, 9.17) is 4.74 Å². The van der Waals surface area contributed by atoms with Gasteiger partial charge >= 0.3 is 0 Å². The molecule has 1 N–H and O–H groups in total. The first-order valence-electron chi connectivity index (χ1n) is 5.59. The van der Waals surface area contributed by atoms with Crippen molar-refractivity contribution in [1.29, 1.82) is 0 Å². The minimum Gasteiger partial charge on any atom is -0.378 e. The van der Waals surface area contributed by atoms with E-state index in [1.54, 1.807) is 17.3 Å². The van der Waals surface area contributed by atoms with E-state index in [0.29, 0.717) is 13.0 Å². The number of aromatic amines is 1. The van der Waals surface area contributed by atoms with Crippen LogP contribution in [-0.2, 0) is 16.1 Å². The highest BCUT2D eigenvalue weighted by Gasteiger charge is 2.21. The van der Waals surface area contributed by atoms with E-state index in [9.17, 15) is 4.79 Å². The lowest BCUT2D eigenvalue weighted by molar-refractivity contribution is -0.132. The molecule has 1 aromatic rings. The zero-order chi connectivity index (χ0) is 11.4. The maximum atomic E-state index is 11.8. The molecule has 5 nitrogen and oxygen atoms in total. The van der Waals surface area contributed by atoms with Gasteiger partial charge in [0, 0.05) is 32.0 Å². The van der Waals surface area contributed by atoms with Gasteiger partial charge in [-0.3, -0.25) is 9.89 Å². The smallest absolute Gasteiger partial charge is 0.225 e. The highest BCUT2D eigenvalue weighted by molar-refractivity contribution is 5.76. The van der Waals surface area contributed by atoms with E-state index in [2.05, 4.69) is 10.2 Å². The van der Waals surface area contributed by atoms with Gasteiger partial charge in [-0.1, -0.05) is 0 Å². The summed E-state index contributed by atoms with van der Waals surface area (Å²) in [5.74, 6) is 0.133. The Bertz CT molecular complexity index is 331. The lowest BCUT2D eigenvalue weighted by Gasteiger charge is -2.18. The minimum atomic E-state index is 0.124. The lowest BCUT2D eigenvalue weighted by Crippen LogP contribution is -2.29. The van der Waals surface area contributed by atoms with E-state index in [-0.39, 0.29) is 12.0 Å². The van der Waals surface area contributed by atoms with Crippen LogP contribution in [0.3, 0.4) is 0 Å². The van der Waals surface area contributed by atoms with Gasteiger partial charge in [0.15, 0.2) is 0 Å². The topological polar surface area (TPSA) is 58.2 Å². The maximum Gasteiger partial charge on any atom is 0.225 e. The summed E-state index contributed by atoms with van der Waals surface area (Å²) in [6, 6.07) is 0. The molecule has 1 aliphatic rings. The number of aromatic nitrogens is 2. The number of hydrogen-bond acceptors (Lipinski definition) is 3. The number of carbonyl (C=O) groups is 1. The molecule has 0 aliphatic carbocycles. The molecule has 1 aromatic heterocycles. The summed E-state index contributed by atoms with van der Waals surface area (Å²) < 4.78 is 5.44. The number of nitrogens with zero attached hydrogens (tertiary/aromatic N) is 2. The van der Waals surface area contributed by atoms with Crippen molar-refractivity contribution in [2.24, 2.45) is 0 Å². The fourth-order valence-electron chi connectivity index (χ4n) is 1.88. The zero-order valence-electron chi connectivity index (χ0n) is 9.48. The predicted molar refractivity (Wildman–Crippen MR) is 58.7 cm³/mol. The van der Waals surface area contributed by atoms with Gasteiger partial charge in [-0.05, 0) is 12.8 Å². The van der Waals surface area contributed by atoms with Crippen molar-refractivity contribution in [3.8, 4) is 0 Å². The molecule has 1 amide bonds. The summed E-state index contributed by atoms with van der Waals surface area (Å²) in [7, 11) is 1.81. The van der Waals surface area contributed by atoms with Crippen molar-refractivity contribution in [1.82, 2.24) is 15.1 Å². The van der Waals surface area contributed by atoms with Gasteiger partial charge in [-0.2, -0.15) is 5.10 Å². The number of rotatable bonds is 4. The standard InChI is InChI=1S/C11H17N3O2/c1-14(8-9-6-12-13-7-9)11(15)5-10-3-2-4-16-10/h6-7,10H,2-5,8H2,1H3,(H,12,13). The maximum absolute atomic E-state index is 11.8. The van der Waals surface area contributed by atoms with E-state index < -0.39 is 0 Å². The molecule has 2 heterocycles. The molecule has 1 unspecified atom stereocenters. The van der Waals surface area contributed by atoms with Crippen LogP contribution < -0.4 is 0 Å². The summed E-state index contributed by atoms with van der Waals surface area (Å²) in [5.41, 5.74) is 1.02. The minimum absolute atomic E-state index is 0.124. The molecule has 1 fully saturated rings. The molecule has 1 atom stereocenters. The van der Waals surface area contributed by atoms with Crippen LogP contribution in [0.2, 0.25) is 0 Å². The van der Waals surface area contributed by atoms with E-state index >= 15 is 0 Å². The molecule has 88 valence electrons. The van der Waals surface area contributed by atoms with E-state index in [1.807, 2.05) is 7.05 Å². The Morgan fingerprint density at radius 1 is 1.75 bits per heavy atom. The van der Waals surface area contributed by atoms with Gasteiger partial charge in [0.1, 0.15) is 0 Å². The van der Waals surface area contributed by atoms with Crippen molar-refractivity contribution in [3.63, 3.8) is 0 Å². The van der Waals surface area contributed by atoms with Gasteiger partial charge in [-0.25, -0.2) is 0 Å². The summed E-state index contributed by atoms with van der Waals surface area (Å²) in [4.78, 5) is 13.6. The van der Waals surface area contributed by atoms with Gasteiger partial charge in [-0.15, -0.1) is 0 Å². The summed E-state index contributed by atoms with van der Waals surface area (Å²) in [6.45, 7) is 1.39. The van der Waals surface area contributed by atoms with Gasteiger partial charge in [0.2, 0.25) is 5.91 Å². The second kappa shape index (κ2) is 5.12. The molecule has 0 bridgehead atoms. The first-order valence-corrected chi connectivity index (χ1v) is 5.59. The quantitative estimate of drug-likeness (QED) is 0.826. The lowest BCUT2D eigenvalue weighted by atomic mass is 10.1. The molecule has 1 saturated heterocycles. The molecule has 2 rings (SSSR count). The van der Waals surface area contributed by atoms with Gasteiger partial charge < -0.3 is 9.64 Å². The van der Waals surface area contributed by atoms with Crippen molar-refractivity contribution in [2.75, 3.05) is 13.7 Å². The average Bonchev–Trinajstić information content (AvgIpc) is 2.90. The first kappa shape index (κ1) is 11.1. The molecule has 5 heteroatoms. The molecule has 16 heavy (non-hydrogen) atoms. The van der Waals surface area contributed by atoms with Gasteiger partial charge in [0.05, 0.1) is 18.7 Å². The Morgan fingerprint density at radius 3 is 3.25 bits per heavy atom. The average molecular weight is 223 g/mol. The van der Waals surface area contributed by atoms with Crippen LogP contribution >= 0.6 is 0 Å². The monoisotopic (exact) mass is 223 g/mol. The number of nitrogens with one attached hydrogen (secondary N) is 1. The largest absolute Gasteiger partial charge is 0.378 e. The Balaban J connectivity index is 1.79.